The largest absolute Gasteiger partial charge is 0.198 e. The predicted octanol–water partition coefficient (Wildman–Crippen LogP) is 2.65. The summed E-state index contributed by atoms with van der Waals surface area (Å²) in [5, 5.41) is 8.63. The second kappa shape index (κ2) is 4.11. The van der Waals surface area contributed by atoms with E-state index in [0.717, 1.165) is 25.7 Å². The fourth-order valence-corrected chi connectivity index (χ4v) is 1.29. The standard InChI is InChI=1S/C9H13N/c10-8-9-6-4-2-1-3-5-7-9/h1-2,9H,3-7H2. The van der Waals surface area contributed by atoms with Crippen LogP contribution in [0, 0.1) is 17.2 Å². The van der Waals surface area contributed by atoms with Crippen molar-refractivity contribution in [1.82, 2.24) is 0 Å². The van der Waals surface area contributed by atoms with Gasteiger partial charge in [0.2, 0.25) is 0 Å². The van der Waals surface area contributed by atoms with Gasteiger partial charge in [0.1, 0.15) is 0 Å². The van der Waals surface area contributed by atoms with Gasteiger partial charge in [0, 0.05) is 5.92 Å². The number of nitrogens with zero attached hydrogens (tertiary/aromatic N) is 1. The van der Waals surface area contributed by atoms with Crippen molar-refractivity contribution < 1.29 is 0 Å². The van der Waals surface area contributed by atoms with Gasteiger partial charge in [-0.25, -0.2) is 0 Å². The lowest BCUT2D eigenvalue weighted by atomic mass is 9.96. The summed E-state index contributed by atoms with van der Waals surface area (Å²) in [6, 6.07) is 2.34. The zero-order valence-corrected chi connectivity index (χ0v) is 6.21. The Morgan fingerprint density at radius 1 is 1.20 bits per heavy atom. The van der Waals surface area contributed by atoms with Crippen molar-refractivity contribution in [3.05, 3.63) is 12.2 Å². The molecule has 1 aliphatic carbocycles. The molecule has 0 saturated heterocycles. The molecule has 1 nitrogen and oxygen atoms in total. The molecule has 1 atom stereocenters. The lowest BCUT2D eigenvalue weighted by Gasteiger charge is -2.07. The number of nitriles is 1. The van der Waals surface area contributed by atoms with Crippen LogP contribution < -0.4 is 0 Å². The van der Waals surface area contributed by atoms with E-state index >= 15 is 0 Å². The SMILES string of the molecule is N#CC1CCC=CCCC1. The van der Waals surface area contributed by atoms with Gasteiger partial charge >= 0.3 is 0 Å². The Balaban J connectivity index is 2.36. The minimum absolute atomic E-state index is 0.324. The Morgan fingerprint density at radius 3 is 2.80 bits per heavy atom. The number of hydrogen-bond acceptors (Lipinski definition) is 1. The van der Waals surface area contributed by atoms with Crippen molar-refractivity contribution in [2.75, 3.05) is 0 Å². The van der Waals surface area contributed by atoms with Gasteiger partial charge in [0.15, 0.2) is 0 Å². The van der Waals surface area contributed by atoms with E-state index in [-0.39, 0.29) is 0 Å². The van der Waals surface area contributed by atoms with Gasteiger partial charge in [0.05, 0.1) is 6.07 Å². The summed E-state index contributed by atoms with van der Waals surface area (Å²) in [6.07, 6.45) is 10.0. The van der Waals surface area contributed by atoms with Crippen molar-refractivity contribution in [2.24, 2.45) is 5.92 Å². The highest BCUT2D eigenvalue weighted by molar-refractivity contribution is 4.90. The topological polar surface area (TPSA) is 23.8 Å². The predicted molar refractivity (Wildman–Crippen MR) is 41.3 cm³/mol. The third-order valence-corrected chi connectivity index (χ3v) is 1.95. The molecule has 0 amide bonds. The Labute approximate surface area is 62.4 Å². The zero-order chi connectivity index (χ0) is 7.23. The van der Waals surface area contributed by atoms with Gasteiger partial charge < -0.3 is 0 Å². The van der Waals surface area contributed by atoms with E-state index in [2.05, 4.69) is 18.2 Å². The molecule has 0 N–H and O–H groups in total. The highest BCUT2D eigenvalue weighted by atomic mass is 14.3. The molecule has 1 unspecified atom stereocenters. The summed E-state index contributed by atoms with van der Waals surface area (Å²) in [5.41, 5.74) is 0. The minimum Gasteiger partial charge on any atom is -0.198 e. The lowest BCUT2D eigenvalue weighted by molar-refractivity contribution is 0.531. The molecule has 0 radical (unpaired) electrons. The molecule has 0 aliphatic heterocycles. The van der Waals surface area contributed by atoms with Crippen LogP contribution in [0.15, 0.2) is 12.2 Å². The van der Waals surface area contributed by atoms with E-state index in [0.29, 0.717) is 5.92 Å². The molecule has 1 aliphatic rings. The van der Waals surface area contributed by atoms with E-state index in [1.165, 1.54) is 6.42 Å². The average molecular weight is 135 g/mol. The summed E-state index contributed by atoms with van der Waals surface area (Å²) in [5.74, 6) is 0.324. The Kier molecular flexibility index (Phi) is 3.02. The summed E-state index contributed by atoms with van der Waals surface area (Å²) in [6.45, 7) is 0. The molecule has 0 aromatic rings. The van der Waals surface area contributed by atoms with Crippen LogP contribution in [-0.4, -0.2) is 0 Å². The summed E-state index contributed by atoms with van der Waals surface area (Å²) >= 11 is 0. The van der Waals surface area contributed by atoms with E-state index in [9.17, 15) is 0 Å². The quantitative estimate of drug-likeness (QED) is 0.468. The molecule has 0 bridgehead atoms. The third kappa shape index (κ3) is 2.23. The van der Waals surface area contributed by atoms with Crippen molar-refractivity contribution in [2.45, 2.75) is 32.1 Å². The maximum absolute atomic E-state index is 8.63. The van der Waals surface area contributed by atoms with Gasteiger partial charge in [-0.2, -0.15) is 5.26 Å². The Bertz CT molecular complexity index is 153. The smallest absolute Gasteiger partial charge is 0.0655 e. The first-order valence-electron chi connectivity index (χ1n) is 3.98. The maximum atomic E-state index is 8.63. The normalized spacial score (nSPS) is 26.5. The highest BCUT2D eigenvalue weighted by Gasteiger charge is 2.06. The van der Waals surface area contributed by atoms with Crippen LogP contribution in [0.2, 0.25) is 0 Å². The molecular weight excluding hydrogens is 122 g/mol. The van der Waals surface area contributed by atoms with Crippen molar-refractivity contribution in [3.8, 4) is 6.07 Å². The molecule has 1 heteroatoms. The second-order valence-electron chi connectivity index (χ2n) is 2.81. The summed E-state index contributed by atoms with van der Waals surface area (Å²) in [4.78, 5) is 0. The fourth-order valence-electron chi connectivity index (χ4n) is 1.29. The molecule has 10 heavy (non-hydrogen) atoms. The van der Waals surface area contributed by atoms with E-state index in [1.807, 2.05) is 0 Å². The number of rotatable bonds is 0. The van der Waals surface area contributed by atoms with Crippen LogP contribution >= 0.6 is 0 Å². The molecule has 1 rings (SSSR count). The molecular formula is C9H13N. The van der Waals surface area contributed by atoms with E-state index in [4.69, 9.17) is 5.26 Å². The van der Waals surface area contributed by atoms with E-state index in [1.54, 1.807) is 0 Å². The van der Waals surface area contributed by atoms with Gasteiger partial charge in [-0.1, -0.05) is 12.2 Å². The molecule has 0 aromatic carbocycles. The highest BCUT2D eigenvalue weighted by Crippen LogP contribution is 2.17. The molecule has 0 fully saturated rings. The molecule has 0 aromatic heterocycles. The van der Waals surface area contributed by atoms with Gasteiger partial charge in [-0.05, 0) is 32.1 Å². The number of hydrogen-bond donors (Lipinski definition) is 0. The van der Waals surface area contributed by atoms with E-state index < -0.39 is 0 Å². The van der Waals surface area contributed by atoms with Crippen LogP contribution in [0.25, 0.3) is 0 Å². The van der Waals surface area contributed by atoms with Gasteiger partial charge in [-0.15, -0.1) is 0 Å². The van der Waals surface area contributed by atoms with Crippen molar-refractivity contribution in [1.29, 1.82) is 5.26 Å². The maximum Gasteiger partial charge on any atom is 0.0655 e. The Morgan fingerprint density at radius 2 is 2.00 bits per heavy atom. The monoisotopic (exact) mass is 135 g/mol. The molecule has 0 spiro atoms. The molecule has 0 saturated carbocycles. The zero-order valence-electron chi connectivity index (χ0n) is 6.21. The van der Waals surface area contributed by atoms with Crippen LogP contribution in [0.3, 0.4) is 0 Å². The first-order chi connectivity index (χ1) is 4.93. The summed E-state index contributed by atoms with van der Waals surface area (Å²) < 4.78 is 0. The average Bonchev–Trinajstić information content (AvgIpc) is 1.87. The number of allylic oxidation sites excluding steroid dienone is 2. The van der Waals surface area contributed by atoms with Crippen molar-refractivity contribution in [3.63, 3.8) is 0 Å². The van der Waals surface area contributed by atoms with Gasteiger partial charge in [-0.3, -0.25) is 0 Å². The third-order valence-electron chi connectivity index (χ3n) is 1.95. The molecule has 0 heterocycles. The fraction of sp³-hybridized carbons (Fsp3) is 0.667. The van der Waals surface area contributed by atoms with Gasteiger partial charge in [0.25, 0.3) is 0 Å². The first-order valence-corrected chi connectivity index (χ1v) is 3.98. The van der Waals surface area contributed by atoms with Crippen LogP contribution in [0.1, 0.15) is 32.1 Å². The van der Waals surface area contributed by atoms with Crippen LogP contribution in [-0.2, 0) is 0 Å². The first kappa shape index (κ1) is 7.34. The van der Waals surface area contributed by atoms with Crippen LogP contribution in [0.5, 0.6) is 0 Å². The lowest BCUT2D eigenvalue weighted by Crippen LogP contribution is -1.97. The van der Waals surface area contributed by atoms with Crippen molar-refractivity contribution >= 4 is 0 Å². The minimum atomic E-state index is 0.324. The Hall–Kier alpha value is -0.770. The molecule has 54 valence electrons. The summed E-state index contributed by atoms with van der Waals surface area (Å²) in [7, 11) is 0. The van der Waals surface area contributed by atoms with Crippen LogP contribution in [0.4, 0.5) is 0 Å². The second-order valence-corrected chi connectivity index (χ2v) is 2.81.